The van der Waals surface area contributed by atoms with Crippen molar-refractivity contribution in [3.05, 3.63) is 26.4 Å². The van der Waals surface area contributed by atoms with Gasteiger partial charge >= 0.3 is 0 Å². The van der Waals surface area contributed by atoms with Crippen LogP contribution in [0.4, 0.5) is 0 Å². The Bertz CT molecular complexity index is 424. The Labute approximate surface area is 121 Å². The molecule has 0 unspecified atom stereocenters. The van der Waals surface area contributed by atoms with Crippen LogP contribution >= 0.6 is 22.6 Å². The largest absolute Gasteiger partial charge is 0.312 e. The highest BCUT2D eigenvalue weighted by Crippen LogP contribution is 2.16. The van der Waals surface area contributed by atoms with Gasteiger partial charge in [0.15, 0.2) is 0 Å². The van der Waals surface area contributed by atoms with Crippen LogP contribution in [0.5, 0.6) is 0 Å². The van der Waals surface area contributed by atoms with E-state index in [-0.39, 0.29) is 5.56 Å². The summed E-state index contributed by atoms with van der Waals surface area (Å²) < 4.78 is 2.37. The van der Waals surface area contributed by atoms with Crippen LogP contribution in [0.2, 0.25) is 0 Å². The van der Waals surface area contributed by atoms with Gasteiger partial charge in [0.25, 0.3) is 5.56 Å². The molecular weight excluding hydrogens is 341 g/mol. The summed E-state index contributed by atoms with van der Waals surface area (Å²) in [4.78, 5) is 15.8. The molecule has 1 heterocycles. The lowest BCUT2D eigenvalue weighted by atomic mass is 10.1. The Morgan fingerprint density at radius 3 is 2.78 bits per heavy atom. The average Bonchev–Trinajstić information content (AvgIpc) is 2.63. The van der Waals surface area contributed by atoms with Gasteiger partial charge in [0, 0.05) is 25.3 Å². The molecule has 5 heteroatoms. The fourth-order valence-electron chi connectivity index (χ4n) is 2.46. The van der Waals surface area contributed by atoms with E-state index in [0.717, 1.165) is 6.54 Å². The summed E-state index contributed by atoms with van der Waals surface area (Å²) in [5.74, 6) is 0. The van der Waals surface area contributed by atoms with Crippen LogP contribution in [0.1, 0.15) is 38.5 Å². The summed E-state index contributed by atoms with van der Waals surface area (Å²) in [6, 6.07) is 0.638. The lowest BCUT2D eigenvalue weighted by molar-refractivity contribution is 0.441. The maximum absolute atomic E-state index is 11.8. The van der Waals surface area contributed by atoms with E-state index < -0.39 is 0 Å². The quantitative estimate of drug-likeness (QED) is 0.661. The molecule has 1 aromatic rings. The number of halogens is 1. The van der Waals surface area contributed by atoms with Crippen molar-refractivity contribution in [2.75, 3.05) is 6.54 Å². The van der Waals surface area contributed by atoms with Gasteiger partial charge in [-0.15, -0.1) is 0 Å². The minimum absolute atomic E-state index is 0.0632. The molecule has 0 aromatic carbocycles. The molecule has 0 radical (unpaired) electrons. The van der Waals surface area contributed by atoms with Crippen molar-refractivity contribution >= 4 is 22.6 Å². The number of nitrogens with one attached hydrogen (secondary N) is 1. The first-order valence-electron chi connectivity index (χ1n) is 6.70. The molecule has 18 heavy (non-hydrogen) atoms. The first kappa shape index (κ1) is 14.0. The molecule has 0 atom stereocenters. The van der Waals surface area contributed by atoms with Gasteiger partial charge in [0.05, 0.1) is 9.90 Å². The lowest BCUT2D eigenvalue weighted by Crippen LogP contribution is -2.34. The Morgan fingerprint density at radius 2 is 2.06 bits per heavy atom. The number of hydrogen-bond donors (Lipinski definition) is 1. The van der Waals surface area contributed by atoms with E-state index in [1.165, 1.54) is 38.5 Å². The molecule has 0 saturated heterocycles. The summed E-state index contributed by atoms with van der Waals surface area (Å²) in [6.07, 6.45) is 11.2. The number of hydrogen-bond acceptors (Lipinski definition) is 3. The highest BCUT2D eigenvalue weighted by molar-refractivity contribution is 14.1. The van der Waals surface area contributed by atoms with Gasteiger partial charge in [-0.1, -0.05) is 25.7 Å². The highest BCUT2D eigenvalue weighted by atomic mass is 127. The van der Waals surface area contributed by atoms with Gasteiger partial charge in [0.1, 0.15) is 0 Å². The van der Waals surface area contributed by atoms with Crippen molar-refractivity contribution in [1.29, 1.82) is 0 Å². The molecule has 1 aliphatic carbocycles. The van der Waals surface area contributed by atoms with E-state index in [1.807, 2.05) is 22.6 Å². The third-order valence-corrected chi connectivity index (χ3v) is 4.24. The van der Waals surface area contributed by atoms with Crippen LogP contribution in [-0.4, -0.2) is 22.1 Å². The van der Waals surface area contributed by atoms with Crippen molar-refractivity contribution < 1.29 is 0 Å². The molecular formula is C13H20IN3O. The zero-order valence-electron chi connectivity index (χ0n) is 10.6. The molecule has 0 bridgehead atoms. The van der Waals surface area contributed by atoms with Crippen molar-refractivity contribution in [2.45, 2.75) is 51.1 Å². The van der Waals surface area contributed by atoms with E-state index in [2.05, 4.69) is 10.3 Å². The summed E-state index contributed by atoms with van der Waals surface area (Å²) in [7, 11) is 0. The second-order valence-electron chi connectivity index (χ2n) is 4.88. The van der Waals surface area contributed by atoms with Crippen LogP contribution < -0.4 is 10.9 Å². The van der Waals surface area contributed by atoms with Crippen molar-refractivity contribution in [3.63, 3.8) is 0 Å². The first-order chi connectivity index (χ1) is 8.77. The highest BCUT2D eigenvalue weighted by Gasteiger charge is 2.11. The molecule has 1 aliphatic rings. The third-order valence-electron chi connectivity index (χ3n) is 3.50. The van der Waals surface area contributed by atoms with Crippen LogP contribution in [0, 0.1) is 3.57 Å². The van der Waals surface area contributed by atoms with Gasteiger partial charge in [-0.25, -0.2) is 4.98 Å². The van der Waals surface area contributed by atoms with Crippen molar-refractivity contribution in [3.8, 4) is 0 Å². The predicted octanol–water partition coefficient (Wildman–Crippen LogP) is 2.16. The average molecular weight is 361 g/mol. The summed E-state index contributed by atoms with van der Waals surface area (Å²) in [6.45, 7) is 1.56. The maximum Gasteiger partial charge on any atom is 0.266 e. The molecule has 1 aromatic heterocycles. The normalized spacial score (nSPS) is 17.6. The van der Waals surface area contributed by atoms with Crippen molar-refractivity contribution in [1.82, 2.24) is 14.9 Å². The topological polar surface area (TPSA) is 46.9 Å². The molecule has 2 rings (SSSR count). The minimum Gasteiger partial charge on any atom is -0.312 e. The third kappa shape index (κ3) is 4.05. The van der Waals surface area contributed by atoms with Gasteiger partial charge in [0.2, 0.25) is 0 Å². The van der Waals surface area contributed by atoms with Gasteiger partial charge in [-0.2, -0.15) is 0 Å². The number of aromatic nitrogens is 2. The molecule has 1 fully saturated rings. The Morgan fingerprint density at radius 1 is 1.33 bits per heavy atom. The maximum atomic E-state index is 11.8. The van der Waals surface area contributed by atoms with Gasteiger partial charge in [-0.05, 0) is 35.4 Å². The SMILES string of the molecule is O=c1c(I)cncn1CCNC1CCCCCC1. The minimum atomic E-state index is 0.0632. The zero-order valence-corrected chi connectivity index (χ0v) is 12.7. The van der Waals surface area contributed by atoms with E-state index in [0.29, 0.717) is 16.2 Å². The summed E-state index contributed by atoms with van der Waals surface area (Å²) >= 11 is 2.03. The fourth-order valence-corrected chi connectivity index (χ4v) is 2.93. The lowest BCUT2D eigenvalue weighted by Gasteiger charge is -2.16. The second kappa shape index (κ2) is 7.23. The number of nitrogens with zero attached hydrogens (tertiary/aromatic N) is 2. The van der Waals surface area contributed by atoms with E-state index >= 15 is 0 Å². The molecule has 4 nitrogen and oxygen atoms in total. The van der Waals surface area contributed by atoms with E-state index in [4.69, 9.17) is 0 Å². The first-order valence-corrected chi connectivity index (χ1v) is 7.78. The standard InChI is InChI=1S/C13H20IN3O/c14-12-9-15-10-17(13(12)18)8-7-16-11-5-3-1-2-4-6-11/h9-11,16H,1-8H2. The molecule has 0 spiro atoms. The molecule has 1 saturated carbocycles. The molecule has 100 valence electrons. The predicted molar refractivity (Wildman–Crippen MR) is 80.7 cm³/mol. The Kier molecular flexibility index (Phi) is 5.62. The summed E-state index contributed by atoms with van der Waals surface area (Å²) in [5, 5.41) is 3.57. The van der Waals surface area contributed by atoms with E-state index in [1.54, 1.807) is 17.1 Å². The van der Waals surface area contributed by atoms with Gasteiger partial charge in [-0.3, -0.25) is 9.36 Å². The molecule has 1 N–H and O–H groups in total. The zero-order chi connectivity index (χ0) is 12.8. The van der Waals surface area contributed by atoms with E-state index in [9.17, 15) is 4.79 Å². The fraction of sp³-hybridized carbons (Fsp3) is 0.692. The van der Waals surface area contributed by atoms with Crippen LogP contribution in [0.3, 0.4) is 0 Å². The van der Waals surface area contributed by atoms with Crippen molar-refractivity contribution in [2.24, 2.45) is 0 Å². The Balaban J connectivity index is 1.81. The van der Waals surface area contributed by atoms with Gasteiger partial charge < -0.3 is 5.32 Å². The van der Waals surface area contributed by atoms with Crippen LogP contribution in [-0.2, 0) is 6.54 Å². The summed E-state index contributed by atoms with van der Waals surface area (Å²) in [5.41, 5.74) is 0.0632. The Hall–Kier alpha value is -0.430. The number of rotatable bonds is 4. The van der Waals surface area contributed by atoms with Crippen LogP contribution in [0.25, 0.3) is 0 Å². The smallest absolute Gasteiger partial charge is 0.266 e. The molecule has 0 aliphatic heterocycles. The second-order valence-corrected chi connectivity index (χ2v) is 6.04. The van der Waals surface area contributed by atoms with Crippen LogP contribution in [0.15, 0.2) is 17.3 Å². The molecule has 0 amide bonds. The monoisotopic (exact) mass is 361 g/mol.